The van der Waals surface area contributed by atoms with Gasteiger partial charge in [-0.2, -0.15) is 0 Å². The molecule has 0 aliphatic rings. The van der Waals surface area contributed by atoms with Crippen LogP contribution in [0.5, 0.6) is 0 Å². The summed E-state index contributed by atoms with van der Waals surface area (Å²) in [7, 11) is 1.56. The molecule has 0 saturated carbocycles. The summed E-state index contributed by atoms with van der Waals surface area (Å²) < 4.78 is 5.38. The molecule has 0 aromatic carbocycles. The lowest BCUT2D eigenvalue weighted by atomic mass is 10.3. The minimum absolute atomic E-state index is 0.154. The van der Waals surface area contributed by atoms with Crippen LogP contribution in [0.15, 0.2) is 9.27 Å². The average Bonchev–Trinajstić information content (AvgIpc) is 2.11. The Labute approximate surface area is 84.5 Å². The van der Waals surface area contributed by atoms with Gasteiger partial charge in [0.2, 0.25) is 0 Å². The maximum absolute atomic E-state index is 11.3. The van der Waals surface area contributed by atoms with Crippen molar-refractivity contribution in [3.63, 3.8) is 0 Å². The highest BCUT2D eigenvalue weighted by atomic mass is 79.9. The highest BCUT2D eigenvalue weighted by Gasteiger charge is 2.06. The molecule has 1 heterocycles. The molecule has 1 rings (SSSR count). The van der Waals surface area contributed by atoms with Crippen molar-refractivity contribution in [1.29, 1.82) is 0 Å². The number of methoxy groups -OCH3 is 1. The molecule has 1 N–H and O–H groups in total. The van der Waals surface area contributed by atoms with Crippen molar-refractivity contribution in [3.05, 3.63) is 26.3 Å². The second-order valence-corrected chi connectivity index (χ2v) is 3.35. The van der Waals surface area contributed by atoms with Gasteiger partial charge in [0, 0.05) is 7.11 Å². The molecule has 1 aromatic rings. The highest BCUT2D eigenvalue weighted by Crippen LogP contribution is 2.09. The van der Waals surface area contributed by atoms with Crippen molar-refractivity contribution in [2.45, 2.75) is 20.0 Å². The van der Waals surface area contributed by atoms with Crippen LogP contribution in [0, 0.1) is 0 Å². The second-order valence-electron chi connectivity index (χ2n) is 2.56. The molecular formula is C8H11BrN2O2. The third kappa shape index (κ3) is 2.38. The van der Waals surface area contributed by atoms with E-state index in [9.17, 15) is 4.79 Å². The van der Waals surface area contributed by atoms with Crippen LogP contribution in [0.25, 0.3) is 0 Å². The van der Waals surface area contributed by atoms with Gasteiger partial charge in [-0.25, -0.2) is 4.98 Å². The molecule has 0 bridgehead atoms. The number of nitrogens with one attached hydrogen (secondary N) is 1. The van der Waals surface area contributed by atoms with Crippen LogP contribution in [0.3, 0.4) is 0 Å². The zero-order valence-corrected chi connectivity index (χ0v) is 9.14. The normalized spacial score (nSPS) is 10.4. The molecule has 0 aliphatic heterocycles. The Bertz CT molecular complexity index is 348. The summed E-state index contributed by atoms with van der Waals surface area (Å²) in [5.41, 5.74) is 0.606. The molecule has 5 heteroatoms. The first-order valence-electron chi connectivity index (χ1n) is 3.95. The van der Waals surface area contributed by atoms with Crippen molar-refractivity contribution in [2.24, 2.45) is 0 Å². The Morgan fingerprint density at radius 2 is 2.31 bits per heavy atom. The Hall–Kier alpha value is -0.680. The van der Waals surface area contributed by atoms with Gasteiger partial charge in [0.15, 0.2) is 0 Å². The SMILES string of the molecule is CCc1nc(COC)[nH]c(=O)c1Br. The van der Waals surface area contributed by atoms with E-state index < -0.39 is 0 Å². The number of aromatic amines is 1. The first kappa shape index (κ1) is 10.4. The second kappa shape index (κ2) is 4.53. The van der Waals surface area contributed by atoms with Crippen LogP contribution in [-0.4, -0.2) is 17.1 Å². The monoisotopic (exact) mass is 246 g/mol. The maximum Gasteiger partial charge on any atom is 0.265 e. The van der Waals surface area contributed by atoms with Crippen molar-refractivity contribution in [2.75, 3.05) is 7.11 Å². The number of halogens is 1. The molecule has 0 atom stereocenters. The number of ether oxygens (including phenoxy) is 1. The summed E-state index contributed by atoms with van der Waals surface area (Å²) in [5.74, 6) is 0.563. The molecule has 0 spiro atoms. The van der Waals surface area contributed by atoms with Gasteiger partial charge >= 0.3 is 0 Å². The molecule has 13 heavy (non-hydrogen) atoms. The van der Waals surface area contributed by atoms with Crippen molar-refractivity contribution in [1.82, 2.24) is 9.97 Å². The standard InChI is InChI=1S/C8H11BrN2O2/c1-3-5-7(9)8(12)11-6(10-5)4-13-2/h3-4H2,1-2H3,(H,10,11,12). The minimum Gasteiger partial charge on any atom is -0.377 e. The van der Waals surface area contributed by atoms with E-state index in [0.717, 1.165) is 12.1 Å². The fraction of sp³-hybridized carbons (Fsp3) is 0.500. The highest BCUT2D eigenvalue weighted by molar-refractivity contribution is 9.10. The molecule has 72 valence electrons. The van der Waals surface area contributed by atoms with Crippen molar-refractivity contribution in [3.8, 4) is 0 Å². The van der Waals surface area contributed by atoms with E-state index in [1.807, 2.05) is 6.92 Å². The Morgan fingerprint density at radius 1 is 1.62 bits per heavy atom. The minimum atomic E-state index is -0.154. The number of hydrogen-bond donors (Lipinski definition) is 1. The molecular weight excluding hydrogens is 236 g/mol. The van der Waals surface area contributed by atoms with Crippen LogP contribution in [0.1, 0.15) is 18.4 Å². The van der Waals surface area contributed by atoms with E-state index in [0.29, 0.717) is 16.9 Å². The lowest BCUT2D eigenvalue weighted by Crippen LogP contribution is -2.15. The van der Waals surface area contributed by atoms with E-state index in [2.05, 4.69) is 25.9 Å². The average molecular weight is 247 g/mol. The van der Waals surface area contributed by atoms with E-state index in [1.165, 1.54) is 0 Å². The summed E-state index contributed by atoms with van der Waals surface area (Å²) in [4.78, 5) is 18.1. The van der Waals surface area contributed by atoms with Gasteiger partial charge in [-0.15, -0.1) is 0 Å². The smallest absolute Gasteiger partial charge is 0.265 e. The van der Waals surface area contributed by atoms with Gasteiger partial charge in [-0.3, -0.25) is 4.79 Å². The van der Waals surface area contributed by atoms with Crippen molar-refractivity contribution >= 4 is 15.9 Å². The van der Waals surface area contributed by atoms with E-state index in [1.54, 1.807) is 7.11 Å². The number of rotatable bonds is 3. The fourth-order valence-corrected chi connectivity index (χ4v) is 1.46. The van der Waals surface area contributed by atoms with Crippen LogP contribution in [-0.2, 0) is 17.8 Å². The topological polar surface area (TPSA) is 55.0 Å². The first-order valence-corrected chi connectivity index (χ1v) is 4.74. The number of aryl methyl sites for hydroxylation is 1. The quantitative estimate of drug-likeness (QED) is 0.874. The van der Waals surface area contributed by atoms with Crippen LogP contribution in [0.4, 0.5) is 0 Å². The summed E-state index contributed by atoms with van der Waals surface area (Å²) in [6, 6.07) is 0. The largest absolute Gasteiger partial charge is 0.377 e. The molecule has 0 radical (unpaired) electrons. The number of nitrogens with zero attached hydrogens (tertiary/aromatic N) is 1. The van der Waals surface area contributed by atoms with E-state index in [4.69, 9.17) is 4.74 Å². The van der Waals surface area contributed by atoms with Gasteiger partial charge in [0.1, 0.15) is 16.9 Å². The maximum atomic E-state index is 11.3. The lowest BCUT2D eigenvalue weighted by molar-refractivity contribution is 0.177. The Kier molecular flexibility index (Phi) is 3.62. The molecule has 0 unspecified atom stereocenters. The van der Waals surface area contributed by atoms with Gasteiger partial charge in [0.05, 0.1) is 5.69 Å². The van der Waals surface area contributed by atoms with Gasteiger partial charge in [-0.1, -0.05) is 6.92 Å². The summed E-state index contributed by atoms with van der Waals surface area (Å²) in [5, 5.41) is 0. The molecule has 1 aromatic heterocycles. The summed E-state index contributed by atoms with van der Waals surface area (Å²) in [6.07, 6.45) is 0.723. The zero-order chi connectivity index (χ0) is 9.84. The fourth-order valence-electron chi connectivity index (χ4n) is 0.996. The Balaban J connectivity index is 3.14. The third-order valence-electron chi connectivity index (χ3n) is 1.60. The zero-order valence-electron chi connectivity index (χ0n) is 7.56. The predicted octanol–water partition coefficient (Wildman–Crippen LogP) is 1.24. The summed E-state index contributed by atoms with van der Waals surface area (Å²) >= 11 is 3.18. The number of hydrogen-bond acceptors (Lipinski definition) is 3. The number of aromatic nitrogens is 2. The summed E-state index contributed by atoms with van der Waals surface area (Å²) in [6.45, 7) is 2.28. The van der Waals surface area contributed by atoms with E-state index >= 15 is 0 Å². The van der Waals surface area contributed by atoms with Gasteiger partial charge in [-0.05, 0) is 22.4 Å². The van der Waals surface area contributed by atoms with Crippen LogP contribution < -0.4 is 5.56 Å². The predicted molar refractivity (Wildman–Crippen MR) is 52.6 cm³/mol. The van der Waals surface area contributed by atoms with Crippen LogP contribution in [0.2, 0.25) is 0 Å². The molecule has 0 amide bonds. The van der Waals surface area contributed by atoms with Crippen molar-refractivity contribution < 1.29 is 4.74 Å². The third-order valence-corrected chi connectivity index (χ3v) is 2.41. The van der Waals surface area contributed by atoms with E-state index in [-0.39, 0.29) is 5.56 Å². The van der Waals surface area contributed by atoms with Crippen LogP contribution >= 0.6 is 15.9 Å². The lowest BCUT2D eigenvalue weighted by Gasteiger charge is -2.03. The molecule has 4 nitrogen and oxygen atoms in total. The van der Waals surface area contributed by atoms with Gasteiger partial charge in [0.25, 0.3) is 5.56 Å². The first-order chi connectivity index (χ1) is 6.19. The molecule has 0 aliphatic carbocycles. The molecule has 0 saturated heterocycles. The molecule has 0 fully saturated rings. The Morgan fingerprint density at radius 3 is 2.85 bits per heavy atom. The van der Waals surface area contributed by atoms with Gasteiger partial charge < -0.3 is 9.72 Å². The number of H-pyrrole nitrogens is 1.